The summed E-state index contributed by atoms with van der Waals surface area (Å²) in [5.41, 5.74) is -0.0151. The third kappa shape index (κ3) is 6.19. The number of hydrogen-bond acceptors (Lipinski definition) is 5. The standard InChI is InChI=1S/C15H15ClIN3O3/c1-15(2,3)23-14(21)18-9-5-4-6-10(7-9)22-12-8-11(16)19-13(17)20-12/h4-8H,1-3H3,(H,18,21). The molecule has 8 heteroatoms. The summed E-state index contributed by atoms with van der Waals surface area (Å²) in [7, 11) is 0. The Morgan fingerprint density at radius 3 is 2.65 bits per heavy atom. The maximum atomic E-state index is 11.8. The number of nitrogens with one attached hydrogen (secondary N) is 1. The quantitative estimate of drug-likeness (QED) is 0.413. The van der Waals surface area contributed by atoms with Crippen molar-refractivity contribution in [1.29, 1.82) is 0 Å². The van der Waals surface area contributed by atoms with Gasteiger partial charge in [0.05, 0.1) is 0 Å². The Balaban J connectivity index is 2.09. The van der Waals surface area contributed by atoms with Crippen molar-refractivity contribution in [1.82, 2.24) is 9.97 Å². The second-order valence-electron chi connectivity index (χ2n) is 5.55. The smallest absolute Gasteiger partial charge is 0.412 e. The molecule has 122 valence electrons. The molecule has 1 aromatic heterocycles. The molecule has 2 rings (SSSR count). The maximum Gasteiger partial charge on any atom is 0.412 e. The molecule has 1 heterocycles. The minimum absolute atomic E-state index is 0.294. The van der Waals surface area contributed by atoms with Crippen LogP contribution in [0.5, 0.6) is 11.6 Å². The second-order valence-corrected chi connectivity index (χ2v) is 6.91. The molecule has 0 saturated carbocycles. The first-order valence-corrected chi connectivity index (χ1v) is 8.15. The third-order valence-corrected chi connectivity index (χ3v) is 3.02. The predicted octanol–water partition coefficient (Wildman–Crippen LogP) is 4.87. The van der Waals surface area contributed by atoms with Crippen LogP contribution >= 0.6 is 34.2 Å². The highest BCUT2D eigenvalue weighted by Crippen LogP contribution is 2.25. The Hall–Kier alpha value is -1.61. The van der Waals surface area contributed by atoms with Gasteiger partial charge in [0, 0.05) is 40.4 Å². The van der Waals surface area contributed by atoms with Crippen molar-refractivity contribution < 1.29 is 14.3 Å². The molecule has 1 amide bonds. The van der Waals surface area contributed by atoms with E-state index in [1.165, 1.54) is 6.07 Å². The summed E-state index contributed by atoms with van der Waals surface area (Å²) in [5.74, 6) is 0.827. The number of ether oxygens (including phenoxy) is 2. The van der Waals surface area contributed by atoms with Crippen molar-refractivity contribution in [2.45, 2.75) is 26.4 Å². The summed E-state index contributed by atoms with van der Waals surface area (Å²) in [4.78, 5) is 19.9. The minimum Gasteiger partial charge on any atom is -0.444 e. The van der Waals surface area contributed by atoms with E-state index in [1.54, 1.807) is 45.0 Å². The average molecular weight is 448 g/mol. The molecule has 0 unspecified atom stereocenters. The van der Waals surface area contributed by atoms with E-state index in [-0.39, 0.29) is 0 Å². The van der Waals surface area contributed by atoms with Gasteiger partial charge < -0.3 is 9.47 Å². The lowest BCUT2D eigenvalue weighted by Crippen LogP contribution is -2.27. The van der Waals surface area contributed by atoms with Crippen molar-refractivity contribution in [3.8, 4) is 11.6 Å². The Kier molecular flexibility index (Phi) is 5.64. The lowest BCUT2D eigenvalue weighted by Gasteiger charge is -2.19. The number of anilines is 1. The van der Waals surface area contributed by atoms with Gasteiger partial charge in [0.2, 0.25) is 5.88 Å². The van der Waals surface area contributed by atoms with Crippen molar-refractivity contribution in [3.63, 3.8) is 0 Å². The zero-order valence-corrected chi connectivity index (χ0v) is 15.7. The molecular weight excluding hydrogens is 433 g/mol. The Morgan fingerprint density at radius 1 is 1.26 bits per heavy atom. The highest BCUT2D eigenvalue weighted by molar-refractivity contribution is 14.1. The highest BCUT2D eigenvalue weighted by atomic mass is 127. The van der Waals surface area contributed by atoms with E-state index in [1.807, 2.05) is 22.6 Å². The van der Waals surface area contributed by atoms with E-state index in [0.29, 0.717) is 26.3 Å². The van der Waals surface area contributed by atoms with Crippen LogP contribution in [0, 0.1) is 3.83 Å². The average Bonchev–Trinajstić information content (AvgIpc) is 2.35. The van der Waals surface area contributed by atoms with E-state index in [2.05, 4.69) is 15.3 Å². The van der Waals surface area contributed by atoms with Gasteiger partial charge in [-0.3, -0.25) is 5.32 Å². The van der Waals surface area contributed by atoms with E-state index in [4.69, 9.17) is 21.1 Å². The number of hydrogen-bond donors (Lipinski definition) is 1. The number of rotatable bonds is 3. The normalized spacial score (nSPS) is 11.0. The van der Waals surface area contributed by atoms with Crippen LogP contribution in [0.4, 0.5) is 10.5 Å². The van der Waals surface area contributed by atoms with Gasteiger partial charge in [0.1, 0.15) is 16.5 Å². The Bertz CT molecular complexity index is 699. The van der Waals surface area contributed by atoms with Gasteiger partial charge in [-0.1, -0.05) is 17.7 Å². The van der Waals surface area contributed by atoms with E-state index in [9.17, 15) is 4.79 Å². The second kappa shape index (κ2) is 7.31. The number of carbonyl (C=O) groups excluding carboxylic acids is 1. The molecule has 0 radical (unpaired) electrons. The first-order chi connectivity index (χ1) is 10.7. The van der Waals surface area contributed by atoms with Crippen molar-refractivity contribution in [3.05, 3.63) is 39.3 Å². The number of halogens is 2. The summed E-state index contributed by atoms with van der Waals surface area (Å²) in [6, 6.07) is 8.39. The molecule has 0 fully saturated rings. The zero-order chi connectivity index (χ0) is 17.0. The summed E-state index contributed by atoms with van der Waals surface area (Å²) in [6.45, 7) is 5.39. The SMILES string of the molecule is CC(C)(C)OC(=O)Nc1cccc(Oc2cc(Cl)nc(I)n2)c1. The first-order valence-electron chi connectivity index (χ1n) is 6.69. The molecule has 0 spiro atoms. The van der Waals surface area contributed by atoms with Crippen molar-refractivity contribution >= 4 is 46.0 Å². The van der Waals surface area contributed by atoms with Crippen LogP contribution < -0.4 is 10.1 Å². The fourth-order valence-corrected chi connectivity index (χ4v) is 2.42. The van der Waals surface area contributed by atoms with Crippen LogP contribution in [0.2, 0.25) is 5.15 Å². The number of amides is 1. The Morgan fingerprint density at radius 2 is 2.00 bits per heavy atom. The fraction of sp³-hybridized carbons (Fsp3) is 0.267. The van der Waals surface area contributed by atoms with Crippen LogP contribution in [-0.4, -0.2) is 21.7 Å². The molecule has 1 N–H and O–H groups in total. The minimum atomic E-state index is -0.563. The van der Waals surface area contributed by atoms with Crippen molar-refractivity contribution in [2.24, 2.45) is 0 Å². The summed E-state index contributed by atoms with van der Waals surface area (Å²) >= 11 is 7.82. The van der Waals surface area contributed by atoms with Crippen LogP contribution in [0.3, 0.4) is 0 Å². The molecule has 6 nitrogen and oxygen atoms in total. The summed E-state index contributed by atoms with van der Waals surface area (Å²) in [6.07, 6.45) is -0.533. The number of carbonyl (C=O) groups is 1. The van der Waals surface area contributed by atoms with Gasteiger partial charge >= 0.3 is 6.09 Å². The lowest BCUT2D eigenvalue weighted by atomic mass is 10.2. The van der Waals surface area contributed by atoms with Crippen molar-refractivity contribution in [2.75, 3.05) is 5.32 Å². The molecular formula is C15H15ClIN3O3. The molecule has 0 saturated heterocycles. The maximum absolute atomic E-state index is 11.8. The molecule has 2 aromatic rings. The van der Waals surface area contributed by atoms with Gasteiger partial charge in [0.15, 0.2) is 3.83 Å². The van der Waals surface area contributed by atoms with E-state index >= 15 is 0 Å². The molecule has 0 aliphatic rings. The zero-order valence-electron chi connectivity index (χ0n) is 12.8. The lowest BCUT2D eigenvalue weighted by molar-refractivity contribution is 0.0636. The summed E-state index contributed by atoms with van der Waals surface area (Å²) in [5, 5.41) is 2.94. The molecule has 0 bridgehead atoms. The first kappa shape index (κ1) is 17.7. The van der Waals surface area contributed by atoms with Gasteiger partial charge in [-0.05, 0) is 32.9 Å². The van der Waals surface area contributed by atoms with Crippen LogP contribution in [0.25, 0.3) is 0 Å². The van der Waals surface area contributed by atoms with E-state index < -0.39 is 11.7 Å². The molecule has 0 atom stereocenters. The summed E-state index contributed by atoms with van der Waals surface area (Å²) < 4.78 is 11.3. The van der Waals surface area contributed by atoms with Gasteiger partial charge in [-0.15, -0.1) is 0 Å². The number of aromatic nitrogens is 2. The van der Waals surface area contributed by atoms with Gasteiger partial charge in [0.25, 0.3) is 0 Å². The highest BCUT2D eigenvalue weighted by Gasteiger charge is 2.16. The third-order valence-electron chi connectivity index (χ3n) is 2.35. The van der Waals surface area contributed by atoms with Gasteiger partial charge in [-0.25, -0.2) is 9.78 Å². The fourth-order valence-electron chi connectivity index (χ4n) is 1.60. The monoisotopic (exact) mass is 447 g/mol. The molecule has 0 aliphatic heterocycles. The van der Waals surface area contributed by atoms with Crippen LogP contribution in [0.1, 0.15) is 20.8 Å². The van der Waals surface area contributed by atoms with Crippen LogP contribution in [0.15, 0.2) is 30.3 Å². The topological polar surface area (TPSA) is 73.3 Å². The van der Waals surface area contributed by atoms with Crippen LogP contribution in [-0.2, 0) is 4.74 Å². The molecule has 1 aromatic carbocycles. The largest absolute Gasteiger partial charge is 0.444 e. The predicted molar refractivity (Wildman–Crippen MR) is 96.1 cm³/mol. The molecule has 23 heavy (non-hydrogen) atoms. The molecule has 0 aliphatic carbocycles. The van der Waals surface area contributed by atoms with Gasteiger partial charge in [-0.2, -0.15) is 4.98 Å². The number of benzene rings is 1. The Labute approximate surface area is 152 Å². The number of nitrogens with zero attached hydrogens (tertiary/aromatic N) is 2. The van der Waals surface area contributed by atoms with E-state index in [0.717, 1.165) is 0 Å².